The zero-order chi connectivity index (χ0) is 13.1. The maximum absolute atomic E-state index is 9.14. The first kappa shape index (κ1) is 12.2. The highest BCUT2D eigenvalue weighted by molar-refractivity contribution is 5.60. The highest BCUT2D eigenvalue weighted by atomic mass is 16.5. The maximum Gasteiger partial charge on any atom is 0.138 e. The Morgan fingerprint density at radius 2 is 2.11 bits per heavy atom. The Labute approximate surface area is 106 Å². The van der Waals surface area contributed by atoms with Crippen molar-refractivity contribution in [2.24, 2.45) is 0 Å². The molecule has 0 amide bonds. The number of rotatable bonds is 3. The Morgan fingerprint density at radius 3 is 2.72 bits per heavy atom. The molecule has 0 unspecified atom stereocenters. The Balaban J connectivity index is 2.22. The van der Waals surface area contributed by atoms with Gasteiger partial charge in [0.2, 0.25) is 0 Å². The Bertz CT molecular complexity index is 588. The number of aromatic nitrogens is 1. The SMILES string of the molecule is Cc1cccc(NCc2c(C)noc2C)c1C#N. The van der Waals surface area contributed by atoms with E-state index in [9.17, 15) is 0 Å². The average molecular weight is 241 g/mol. The molecule has 1 aromatic heterocycles. The van der Waals surface area contributed by atoms with Crippen LogP contribution in [0.1, 0.15) is 28.1 Å². The zero-order valence-electron chi connectivity index (χ0n) is 10.7. The van der Waals surface area contributed by atoms with Crippen molar-refractivity contribution in [1.82, 2.24) is 5.16 Å². The fourth-order valence-electron chi connectivity index (χ4n) is 1.90. The molecule has 2 aromatic rings. The summed E-state index contributed by atoms with van der Waals surface area (Å²) in [5.41, 5.74) is 4.43. The van der Waals surface area contributed by atoms with Crippen LogP contribution in [-0.4, -0.2) is 5.16 Å². The third-order valence-electron chi connectivity index (χ3n) is 3.02. The van der Waals surface area contributed by atoms with Crippen LogP contribution in [0.3, 0.4) is 0 Å². The maximum atomic E-state index is 9.14. The number of benzene rings is 1. The molecular weight excluding hydrogens is 226 g/mol. The van der Waals surface area contributed by atoms with Gasteiger partial charge in [0, 0.05) is 12.1 Å². The lowest BCUT2D eigenvalue weighted by molar-refractivity contribution is 0.392. The molecule has 1 aromatic carbocycles. The Hall–Kier alpha value is -2.28. The highest BCUT2D eigenvalue weighted by Crippen LogP contribution is 2.20. The second-order valence-corrected chi connectivity index (χ2v) is 4.27. The van der Waals surface area contributed by atoms with E-state index in [1.165, 1.54) is 0 Å². The van der Waals surface area contributed by atoms with E-state index < -0.39 is 0 Å². The van der Waals surface area contributed by atoms with E-state index in [-0.39, 0.29) is 0 Å². The van der Waals surface area contributed by atoms with Gasteiger partial charge in [0.05, 0.1) is 16.9 Å². The summed E-state index contributed by atoms with van der Waals surface area (Å²) >= 11 is 0. The van der Waals surface area contributed by atoms with Crippen LogP contribution in [0.5, 0.6) is 0 Å². The first-order valence-corrected chi connectivity index (χ1v) is 5.79. The zero-order valence-corrected chi connectivity index (χ0v) is 10.7. The minimum absolute atomic E-state index is 0.610. The first-order valence-electron chi connectivity index (χ1n) is 5.79. The molecule has 0 atom stereocenters. The standard InChI is InChI=1S/C14H15N3O/c1-9-5-4-6-14(12(9)7-15)16-8-13-10(2)17-18-11(13)3/h4-6,16H,8H2,1-3H3. The molecule has 0 aliphatic heterocycles. The van der Waals surface area contributed by atoms with E-state index in [1.807, 2.05) is 39.0 Å². The van der Waals surface area contributed by atoms with Gasteiger partial charge in [0.25, 0.3) is 0 Å². The third-order valence-corrected chi connectivity index (χ3v) is 3.02. The summed E-state index contributed by atoms with van der Waals surface area (Å²) in [7, 11) is 0. The largest absolute Gasteiger partial charge is 0.380 e. The highest BCUT2D eigenvalue weighted by Gasteiger charge is 2.10. The second kappa shape index (κ2) is 4.92. The van der Waals surface area contributed by atoms with Gasteiger partial charge in [-0.1, -0.05) is 17.3 Å². The molecule has 92 valence electrons. The summed E-state index contributed by atoms with van der Waals surface area (Å²) in [6.07, 6.45) is 0. The molecular formula is C14H15N3O. The van der Waals surface area contributed by atoms with Crippen LogP contribution in [0.2, 0.25) is 0 Å². The minimum atomic E-state index is 0.610. The molecule has 1 heterocycles. The topological polar surface area (TPSA) is 61.9 Å². The number of hydrogen-bond donors (Lipinski definition) is 1. The van der Waals surface area contributed by atoms with Gasteiger partial charge >= 0.3 is 0 Å². The minimum Gasteiger partial charge on any atom is -0.380 e. The molecule has 0 spiro atoms. The van der Waals surface area contributed by atoms with Gasteiger partial charge in [-0.2, -0.15) is 5.26 Å². The van der Waals surface area contributed by atoms with E-state index in [2.05, 4.69) is 16.5 Å². The molecule has 0 radical (unpaired) electrons. The summed E-state index contributed by atoms with van der Waals surface area (Å²) in [6.45, 7) is 6.34. The predicted octanol–water partition coefficient (Wildman–Crippen LogP) is 3.08. The van der Waals surface area contributed by atoms with Crippen molar-refractivity contribution in [3.05, 3.63) is 46.3 Å². The molecule has 18 heavy (non-hydrogen) atoms. The monoisotopic (exact) mass is 241 g/mol. The predicted molar refractivity (Wildman–Crippen MR) is 69.2 cm³/mol. The number of hydrogen-bond acceptors (Lipinski definition) is 4. The van der Waals surface area contributed by atoms with Crippen molar-refractivity contribution in [2.75, 3.05) is 5.32 Å². The fourth-order valence-corrected chi connectivity index (χ4v) is 1.90. The number of nitrogens with zero attached hydrogens (tertiary/aromatic N) is 2. The second-order valence-electron chi connectivity index (χ2n) is 4.27. The van der Waals surface area contributed by atoms with Gasteiger partial charge in [0.15, 0.2) is 0 Å². The summed E-state index contributed by atoms with van der Waals surface area (Å²) in [6, 6.07) is 7.99. The van der Waals surface area contributed by atoms with Gasteiger partial charge in [-0.15, -0.1) is 0 Å². The van der Waals surface area contributed by atoms with Crippen LogP contribution in [-0.2, 0) is 6.54 Å². The number of anilines is 1. The van der Waals surface area contributed by atoms with Crippen LogP contribution >= 0.6 is 0 Å². The van der Waals surface area contributed by atoms with Gasteiger partial charge in [-0.3, -0.25) is 0 Å². The van der Waals surface area contributed by atoms with Crippen molar-refractivity contribution < 1.29 is 4.52 Å². The lowest BCUT2D eigenvalue weighted by Gasteiger charge is -2.09. The van der Waals surface area contributed by atoms with Crippen molar-refractivity contribution in [1.29, 1.82) is 5.26 Å². The summed E-state index contributed by atoms with van der Waals surface area (Å²) in [5.74, 6) is 0.811. The van der Waals surface area contributed by atoms with Crippen LogP contribution in [0.15, 0.2) is 22.7 Å². The third kappa shape index (κ3) is 2.21. The molecule has 4 heteroatoms. The van der Waals surface area contributed by atoms with Crippen LogP contribution in [0, 0.1) is 32.1 Å². The number of nitriles is 1. The molecule has 0 saturated carbocycles. The van der Waals surface area contributed by atoms with Crippen molar-refractivity contribution >= 4 is 5.69 Å². The molecule has 0 saturated heterocycles. The molecule has 0 aliphatic carbocycles. The van der Waals surface area contributed by atoms with Crippen LogP contribution in [0.4, 0.5) is 5.69 Å². The number of aryl methyl sites for hydroxylation is 3. The molecule has 0 aliphatic rings. The normalized spacial score (nSPS) is 10.1. The summed E-state index contributed by atoms with van der Waals surface area (Å²) < 4.78 is 5.11. The molecule has 4 nitrogen and oxygen atoms in total. The van der Waals surface area contributed by atoms with Crippen molar-refractivity contribution in [3.63, 3.8) is 0 Å². The molecule has 2 rings (SSSR count). The van der Waals surface area contributed by atoms with E-state index in [4.69, 9.17) is 9.78 Å². The van der Waals surface area contributed by atoms with E-state index in [1.54, 1.807) is 0 Å². The molecule has 0 bridgehead atoms. The fraction of sp³-hybridized carbons (Fsp3) is 0.286. The lowest BCUT2D eigenvalue weighted by atomic mass is 10.1. The van der Waals surface area contributed by atoms with Gasteiger partial charge in [0.1, 0.15) is 11.8 Å². The number of nitrogens with one attached hydrogen (secondary N) is 1. The van der Waals surface area contributed by atoms with Crippen molar-refractivity contribution in [3.8, 4) is 6.07 Å². The Morgan fingerprint density at radius 1 is 1.33 bits per heavy atom. The lowest BCUT2D eigenvalue weighted by Crippen LogP contribution is -2.03. The van der Waals surface area contributed by atoms with Gasteiger partial charge in [-0.25, -0.2) is 0 Å². The van der Waals surface area contributed by atoms with Gasteiger partial charge in [-0.05, 0) is 32.4 Å². The quantitative estimate of drug-likeness (QED) is 0.897. The van der Waals surface area contributed by atoms with Crippen molar-refractivity contribution in [2.45, 2.75) is 27.3 Å². The van der Waals surface area contributed by atoms with E-state index >= 15 is 0 Å². The van der Waals surface area contributed by atoms with Gasteiger partial charge < -0.3 is 9.84 Å². The average Bonchev–Trinajstić information content (AvgIpc) is 2.67. The van der Waals surface area contributed by atoms with Crippen LogP contribution in [0.25, 0.3) is 0 Å². The first-order chi connectivity index (χ1) is 8.63. The summed E-state index contributed by atoms with van der Waals surface area (Å²) in [4.78, 5) is 0. The van der Waals surface area contributed by atoms with E-state index in [0.717, 1.165) is 28.3 Å². The smallest absolute Gasteiger partial charge is 0.138 e. The van der Waals surface area contributed by atoms with Crippen LogP contribution < -0.4 is 5.32 Å². The molecule has 0 fully saturated rings. The molecule has 1 N–H and O–H groups in total. The summed E-state index contributed by atoms with van der Waals surface area (Å²) in [5, 5.41) is 16.3. The Kier molecular flexibility index (Phi) is 3.33. The van der Waals surface area contributed by atoms with E-state index in [0.29, 0.717) is 12.1 Å².